The molecule has 0 saturated carbocycles. The van der Waals surface area contributed by atoms with Crippen molar-refractivity contribution in [2.45, 2.75) is 58.3 Å². The Morgan fingerprint density at radius 1 is 1.11 bits per heavy atom. The Labute approximate surface area is 114 Å². The largest absolute Gasteiger partial charge is 0.508 e. The van der Waals surface area contributed by atoms with Gasteiger partial charge in [0.1, 0.15) is 5.75 Å². The number of unbranched alkanes of at least 4 members (excludes halogenated alkanes) is 6. The molecular weight excluding hydrogens is 242 g/mol. The van der Waals surface area contributed by atoms with E-state index in [1.807, 2.05) is 0 Å². The Morgan fingerprint density at radius 2 is 1.74 bits per heavy atom. The minimum absolute atomic E-state index is 0.0516. The molecule has 0 fully saturated rings. The smallest absolute Gasteiger partial charge is 0.269 e. The summed E-state index contributed by atoms with van der Waals surface area (Å²) >= 11 is 0. The van der Waals surface area contributed by atoms with Crippen molar-refractivity contribution in [3.63, 3.8) is 0 Å². The molecule has 0 radical (unpaired) electrons. The number of phenolic OH excluding ortho intramolecular Hbond substituents is 1. The fourth-order valence-corrected chi connectivity index (χ4v) is 2.16. The summed E-state index contributed by atoms with van der Waals surface area (Å²) in [5.74, 6) is 0.164. The van der Waals surface area contributed by atoms with Gasteiger partial charge < -0.3 is 5.11 Å². The summed E-state index contributed by atoms with van der Waals surface area (Å²) in [5.41, 5.74) is 0.735. The minimum atomic E-state index is -0.423. The third-order valence-electron chi connectivity index (χ3n) is 3.32. The van der Waals surface area contributed by atoms with Gasteiger partial charge in [0, 0.05) is 17.7 Å². The van der Waals surface area contributed by atoms with Crippen LogP contribution in [0.3, 0.4) is 0 Å². The van der Waals surface area contributed by atoms with E-state index in [9.17, 15) is 15.2 Å². The van der Waals surface area contributed by atoms with Gasteiger partial charge in [-0.3, -0.25) is 10.1 Å². The Balaban J connectivity index is 2.32. The van der Waals surface area contributed by atoms with Crippen LogP contribution in [0.1, 0.15) is 57.4 Å². The number of nitro benzene ring substituents is 1. The molecule has 0 amide bonds. The molecule has 0 spiro atoms. The lowest BCUT2D eigenvalue weighted by molar-refractivity contribution is -0.384. The predicted molar refractivity (Wildman–Crippen MR) is 76.5 cm³/mol. The van der Waals surface area contributed by atoms with Crippen LogP contribution in [0.25, 0.3) is 0 Å². The highest BCUT2D eigenvalue weighted by atomic mass is 16.6. The lowest BCUT2D eigenvalue weighted by Crippen LogP contribution is -1.92. The van der Waals surface area contributed by atoms with E-state index in [0.29, 0.717) is 12.0 Å². The average molecular weight is 265 g/mol. The zero-order valence-electron chi connectivity index (χ0n) is 11.6. The van der Waals surface area contributed by atoms with Gasteiger partial charge in [0.15, 0.2) is 0 Å². The molecule has 1 N–H and O–H groups in total. The van der Waals surface area contributed by atoms with Crippen molar-refractivity contribution in [2.75, 3.05) is 0 Å². The summed E-state index contributed by atoms with van der Waals surface area (Å²) in [6, 6.07) is 4.23. The zero-order chi connectivity index (χ0) is 14.1. The monoisotopic (exact) mass is 265 g/mol. The van der Waals surface area contributed by atoms with Crippen molar-refractivity contribution in [2.24, 2.45) is 0 Å². The standard InChI is InChI=1S/C15H23NO3/c1-2-3-4-5-6-7-8-9-13-12-14(16(18)19)10-11-15(13)17/h10-12,17H,2-9H2,1H3. The van der Waals surface area contributed by atoms with E-state index in [2.05, 4.69) is 6.92 Å². The lowest BCUT2D eigenvalue weighted by atomic mass is 10.0. The second-order valence-electron chi connectivity index (χ2n) is 4.94. The van der Waals surface area contributed by atoms with Gasteiger partial charge in [0.2, 0.25) is 0 Å². The van der Waals surface area contributed by atoms with Crippen molar-refractivity contribution in [1.29, 1.82) is 0 Å². The summed E-state index contributed by atoms with van der Waals surface area (Å²) < 4.78 is 0. The molecule has 0 aliphatic heterocycles. The van der Waals surface area contributed by atoms with Crippen LogP contribution in [0.4, 0.5) is 5.69 Å². The molecule has 4 nitrogen and oxygen atoms in total. The van der Waals surface area contributed by atoms with Gasteiger partial charge in [0.25, 0.3) is 5.69 Å². The van der Waals surface area contributed by atoms with E-state index in [0.717, 1.165) is 12.8 Å². The molecule has 1 aromatic rings. The first kappa shape index (κ1) is 15.5. The maximum atomic E-state index is 10.7. The first-order valence-corrected chi connectivity index (χ1v) is 7.11. The fraction of sp³-hybridized carbons (Fsp3) is 0.600. The van der Waals surface area contributed by atoms with Crippen molar-refractivity contribution in [3.8, 4) is 5.75 Å². The Hall–Kier alpha value is -1.58. The molecule has 106 valence electrons. The van der Waals surface area contributed by atoms with E-state index in [4.69, 9.17) is 0 Å². The summed E-state index contributed by atoms with van der Waals surface area (Å²) in [5, 5.41) is 20.3. The van der Waals surface area contributed by atoms with E-state index in [1.165, 1.54) is 50.3 Å². The van der Waals surface area contributed by atoms with Gasteiger partial charge in [-0.25, -0.2) is 0 Å². The third-order valence-corrected chi connectivity index (χ3v) is 3.32. The van der Waals surface area contributed by atoms with Crippen LogP contribution < -0.4 is 0 Å². The van der Waals surface area contributed by atoms with E-state index < -0.39 is 4.92 Å². The van der Waals surface area contributed by atoms with Gasteiger partial charge in [-0.05, 0) is 18.9 Å². The average Bonchev–Trinajstić information content (AvgIpc) is 2.39. The highest BCUT2D eigenvalue weighted by Crippen LogP contribution is 2.24. The number of nitro groups is 1. The molecule has 0 aromatic heterocycles. The minimum Gasteiger partial charge on any atom is -0.508 e. The number of rotatable bonds is 9. The van der Waals surface area contributed by atoms with Crippen LogP contribution in [0, 0.1) is 10.1 Å². The Bertz CT molecular complexity index is 404. The van der Waals surface area contributed by atoms with Gasteiger partial charge >= 0.3 is 0 Å². The molecule has 1 rings (SSSR count). The number of nitrogens with zero attached hydrogens (tertiary/aromatic N) is 1. The summed E-state index contributed by atoms with van der Waals surface area (Å²) in [4.78, 5) is 10.2. The predicted octanol–water partition coefficient (Wildman–Crippen LogP) is 4.59. The van der Waals surface area contributed by atoms with Crippen LogP contribution in [-0.4, -0.2) is 10.0 Å². The number of aromatic hydroxyl groups is 1. The zero-order valence-corrected chi connectivity index (χ0v) is 11.6. The molecule has 0 unspecified atom stereocenters. The SMILES string of the molecule is CCCCCCCCCc1cc([N+](=O)[O-])ccc1O. The Morgan fingerprint density at radius 3 is 2.37 bits per heavy atom. The van der Waals surface area contributed by atoms with Crippen molar-refractivity contribution < 1.29 is 10.0 Å². The maximum Gasteiger partial charge on any atom is 0.269 e. The molecule has 0 aliphatic rings. The van der Waals surface area contributed by atoms with Gasteiger partial charge in [-0.2, -0.15) is 0 Å². The van der Waals surface area contributed by atoms with E-state index in [1.54, 1.807) is 0 Å². The van der Waals surface area contributed by atoms with Crippen molar-refractivity contribution in [1.82, 2.24) is 0 Å². The summed E-state index contributed by atoms with van der Waals surface area (Å²) in [7, 11) is 0. The number of non-ortho nitro benzene ring substituents is 1. The van der Waals surface area contributed by atoms with Crippen LogP contribution in [-0.2, 0) is 6.42 Å². The first-order valence-electron chi connectivity index (χ1n) is 7.11. The molecular formula is C15H23NO3. The maximum absolute atomic E-state index is 10.7. The normalized spacial score (nSPS) is 10.6. The summed E-state index contributed by atoms with van der Waals surface area (Å²) in [6.07, 6.45) is 9.10. The lowest BCUT2D eigenvalue weighted by Gasteiger charge is -2.04. The number of benzene rings is 1. The second kappa shape index (κ2) is 8.51. The fourth-order valence-electron chi connectivity index (χ4n) is 2.16. The van der Waals surface area contributed by atoms with Gasteiger partial charge in [-0.1, -0.05) is 45.4 Å². The van der Waals surface area contributed by atoms with E-state index >= 15 is 0 Å². The van der Waals surface area contributed by atoms with Gasteiger partial charge in [-0.15, -0.1) is 0 Å². The molecule has 0 bridgehead atoms. The van der Waals surface area contributed by atoms with E-state index in [-0.39, 0.29) is 11.4 Å². The molecule has 1 aromatic carbocycles. The molecule has 0 atom stereocenters. The number of hydrogen-bond acceptors (Lipinski definition) is 3. The number of phenols is 1. The van der Waals surface area contributed by atoms with Crippen molar-refractivity contribution in [3.05, 3.63) is 33.9 Å². The Kier molecular flexibility index (Phi) is 6.93. The third kappa shape index (κ3) is 5.73. The van der Waals surface area contributed by atoms with Crippen LogP contribution in [0.2, 0.25) is 0 Å². The highest BCUT2D eigenvalue weighted by Gasteiger charge is 2.09. The van der Waals surface area contributed by atoms with Crippen LogP contribution >= 0.6 is 0 Å². The topological polar surface area (TPSA) is 63.4 Å². The number of aryl methyl sites for hydroxylation is 1. The first-order chi connectivity index (χ1) is 9.15. The van der Waals surface area contributed by atoms with Crippen LogP contribution in [0.15, 0.2) is 18.2 Å². The van der Waals surface area contributed by atoms with Crippen LogP contribution in [0.5, 0.6) is 5.75 Å². The second-order valence-corrected chi connectivity index (χ2v) is 4.94. The molecule has 19 heavy (non-hydrogen) atoms. The number of hydrogen-bond donors (Lipinski definition) is 1. The molecule has 0 saturated heterocycles. The molecule has 0 heterocycles. The quantitative estimate of drug-likeness (QED) is 0.403. The summed E-state index contributed by atoms with van der Waals surface area (Å²) in [6.45, 7) is 2.20. The molecule has 0 aliphatic carbocycles. The highest BCUT2D eigenvalue weighted by molar-refractivity contribution is 5.42. The van der Waals surface area contributed by atoms with Gasteiger partial charge in [0.05, 0.1) is 4.92 Å². The molecule has 4 heteroatoms. The van der Waals surface area contributed by atoms with Crippen molar-refractivity contribution >= 4 is 5.69 Å².